The number of benzene rings is 2. The van der Waals surface area contributed by atoms with Crippen LogP contribution in [0.25, 0.3) is 10.9 Å². The molecule has 9 heteroatoms. The van der Waals surface area contributed by atoms with E-state index in [1.807, 2.05) is 80.9 Å². The zero-order chi connectivity index (χ0) is 27.0. The minimum atomic E-state index is -0.267. The van der Waals surface area contributed by atoms with E-state index in [0.29, 0.717) is 35.6 Å². The van der Waals surface area contributed by atoms with Gasteiger partial charge in [0.15, 0.2) is 0 Å². The first kappa shape index (κ1) is 28.7. The minimum absolute atomic E-state index is 0.0815. The summed E-state index contributed by atoms with van der Waals surface area (Å²) in [7, 11) is 0. The second-order valence-electron chi connectivity index (χ2n) is 7.32. The van der Waals surface area contributed by atoms with Crippen LogP contribution in [0.5, 0.6) is 11.6 Å². The van der Waals surface area contributed by atoms with E-state index in [1.165, 1.54) is 0 Å². The third-order valence-electron chi connectivity index (χ3n) is 4.77. The molecule has 0 saturated heterocycles. The van der Waals surface area contributed by atoms with Crippen molar-refractivity contribution in [2.45, 2.75) is 34.4 Å². The molecule has 0 aliphatic carbocycles. The van der Waals surface area contributed by atoms with Gasteiger partial charge in [0.25, 0.3) is 0 Å². The highest BCUT2D eigenvalue weighted by Crippen LogP contribution is 2.26. The summed E-state index contributed by atoms with van der Waals surface area (Å²) in [5.74, 6) is 1.16. The van der Waals surface area contributed by atoms with Crippen molar-refractivity contribution in [1.29, 1.82) is 0 Å². The van der Waals surface area contributed by atoms with Crippen LogP contribution >= 0.6 is 0 Å². The molecule has 0 spiro atoms. The minimum Gasteiger partial charge on any atom is -0.439 e. The molecule has 0 aliphatic rings. The van der Waals surface area contributed by atoms with E-state index in [1.54, 1.807) is 30.5 Å². The van der Waals surface area contributed by atoms with Crippen LogP contribution in [0.2, 0.25) is 0 Å². The van der Waals surface area contributed by atoms with Gasteiger partial charge in [0.2, 0.25) is 17.7 Å². The van der Waals surface area contributed by atoms with Crippen molar-refractivity contribution in [3.63, 3.8) is 0 Å². The third-order valence-corrected chi connectivity index (χ3v) is 4.77. The lowest BCUT2D eigenvalue weighted by Gasteiger charge is -2.10. The molecule has 0 saturated carbocycles. The van der Waals surface area contributed by atoms with E-state index in [9.17, 15) is 4.79 Å². The summed E-state index contributed by atoms with van der Waals surface area (Å²) in [5, 5.41) is 6.84. The standard InChI is InChI=1S/C22H21N7O2.C4H8.C2H6/c1-24-14-29-10-8-15-11-18(5-6-19(15)29)31-21-7-9-25-22(28-21)27-17-4-2-3-16(12-17)26-20(30)13-23;1-3-4-2;1-2/h2-12H,1,13-14,23H2,(H,26,30)(H,25,27,28);3-4H,1-2H3;1-2H3/b;4-3-;. The number of aliphatic imine (C=N–C) groups is 1. The normalized spacial score (nSPS) is 10.1. The number of allylic oxidation sites excluding steroid dienone is 2. The summed E-state index contributed by atoms with van der Waals surface area (Å²) < 4.78 is 7.92. The maximum atomic E-state index is 11.5. The van der Waals surface area contributed by atoms with Crippen molar-refractivity contribution in [1.82, 2.24) is 14.5 Å². The molecule has 2 aromatic carbocycles. The number of anilines is 3. The van der Waals surface area contributed by atoms with Gasteiger partial charge in [0.1, 0.15) is 12.4 Å². The van der Waals surface area contributed by atoms with Gasteiger partial charge in [-0.25, -0.2) is 4.98 Å². The quantitative estimate of drug-likeness (QED) is 0.197. The molecular formula is C28H35N7O2. The number of nitrogens with two attached hydrogens (primary N) is 1. The first-order chi connectivity index (χ1) is 18.1. The number of fused-ring (bicyclic) bond motifs is 1. The van der Waals surface area contributed by atoms with E-state index in [2.05, 4.69) is 32.3 Å². The second kappa shape index (κ2) is 15.5. The number of nitrogens with one attached hydrogen (secondary N) is 2. The lowest BCUT2D eigenvalue weighted by Crippen LogP contribution is -2.21. The Labute approximate surface area is 218 Å². The zero-order valence-electron chi connectivity index (χ0n) is 21.8. The second-order valence-corrected chi connectivity index (χ2v) is 7.32. The van der Waals surface area contributed by atoms with Gasteiger partial charge >= 0.3 is 0 Å². The third kappa shape index (κ3) is 8.90. The topological polar surface area (TPSA) is 119 Å². The number of ether oxygens (including phenoxy) is 1. The Morgan fingerprint density at radius 1 is 1.11 bits per heavy atom. The van der Waals surface area contributed by atoms with Gasteiger partial charge < -0.3 is 25.7 Å². The first-order valence-corrected chi connectivity index (χ1v) is 12.0. The smallest absolute Gasteiger partial charge is 0.238 e. The monoisotopic (exact) mass is 501 g/mol. The molecule has 0 bridgehead atoms. The van der Waals surface area contributed by atoms with Crippen molar-refractivity contribution >= 4 is 40.9 Å². The number of aromatic nitrogens is 3. The van der Waals surface area contributed by atoms with E-state index in [0.717, 1.165) is 10.9 Å². The Balaban J connectivity index is 0.000000733. The van der Waals surface area contributed by atoms with Crippen molar-refractivity contribution in [2.24, 2.45) is 10.7 Å². The Morgan fingerprint density at radius 3 is 2.57 bits per heavy atom. The van der Waals surface area contributed by atoms with Gasteiger partial charge in [0, 0.05) is 40.7 Å². The van der Waals surface area contributed by atoms with Crippen molar-refractivity contribution in [2.75, 3.05) is 17.2 Å². The average Bonchev–Trinajstić information content (AvgIpc) is 3.32. The van der Waals surface area contributed by atoms with Crippen LogP contribution in [0.3, 0.4) is 0 Å². The highest BCUT2D eigenvalue weighted by atomic mass is 16.5. The molecule has 0 unspecified atom stereocenters. The largest absolute Gasteiger partial charge is 0.439 e. The van der Waals surface area contributed by atoms with Crippen LogP contribution in [0.1, 0.15) is 27.7 Å². The SMILES string of the molecule is C/C=C\C.C=NCn1ccc2cc(Oc3ccnc(Nc4cccc(NC(=O)CN)c4)n3)ccc21.CC. The number of rotatable bonds is 8. The summed E-state index contributed by atoms with van der Waals surface area (Å²) in [4.78, 5) is 24.0. The predicted octanol–water partition coefficient (Wildman–Crippen LogP) is 6.13. The van der Waals surface area contributed by atoms with Gasteiger partial charge in [-0.05, 0) is 63.0 Å². The summed E-state index contributed by atoms with van der Waals surface area (Å²) in [6.07, 6.45) is 7.56. The van der Waals surface area contributed by atoms with Crippen LogP contribution < -0.4 is 21.1 Å². The predicted molar refractivity (Wildman–Crippen MR) is 153 cm³/mol. The van der Waals surface area contributed by atoms with E-state index in [-0.39, 0.29) is 12.5 Å². The zero-order valence-corrected chi connectivity index (χ0v) is 21.8. The highest BCUT2D eigenvalue weighted by Gasteiger charge is 2.07. The molecule has 0 aliphatic heterocycles. The Kier molecular flexibility index (Phi) is 12.0. The molecule has 4 aromatic rings. The average molecular weight is 502 g/mol. The van der Waals surface area contributed by atoms with Gasteiger partial charge in [0.05, 0.1) is 6.54 Å². The van der Waals surface area contributed by atoms with Gasteiger partial charge in [-0.15, -0.1) is 0 Å². The number of hydrogen-bond acceptors (Lipinski definition) is 7. The Hall–Kier alpha value is -4.50. The fraction of sp³-hybridized carbons (Fsp3) is 0.214. The van der Waals surface area contributed by atoms with E-state index < -0.39 is 0 Å². The molecule has 2 heterocycles. The fourth-order valence-corrected chi connectivity index (χ4v) is 3.07. The molecule has 194 valence electrons. The Morgan fingerprint density at radius 2 is 1.86 bits per heavy atom. The summed E-state index contributed by atoms with van der Waals surface area (Å²) in [6, 6.07) is 16.6. The van der Waals surface area contributed by atoms with E-state index in [4.69, 9.17) is 10.5 Å². The lowest BCUT2D eigenvalue weighted by molar-refractivity contribution is -0.114. The molecule has 2 aromatic heterocycles. The summed E-state index contributed by atoms with van der Waals surface area (Å²) in [5.41, 5.74) is 7.72. The molecule has 0 fully saturated rings. The van der Waals surface area contributed by atoms with Crippen LogP contribution in [-0.4, -0.2) is 33.7 Å². The van der Waals surface area contributed by atoms with Crippen molar-refractivity contribution in [3.8, 4) is 11.6 Å². The first-order valence-electron chi connectivity index (χ1n) is 12.0. The van der Waals surface area contributed by atoms with Crippen molar-refractivity contribution in [3.05, 3.63) is 79.1 Å². The molecular weight excluding hydrogens is 466 g/mol. The number of hydrogen-bond donors (Lipinski definition) is 3. The fourth-order valence-electron chi connectivity index (χ4n) is 3.07. The molecule has 1 amide bonds. The molecule has 4 N–H and O–H groups in total. The number of carbonyl (C=O) groups excluding carboxylic acids is 1. The number of amides is 1. The molecule has 9 nitrogen and oxygen atoms in total. The van der Waals surface area contributed by atoms with Crippen LogP contribution in [0.4, 0.5) is 17.3 Å². The van der Waals surface area contributed by atoms with Gasteiger partial charge in [-0.1, -0.05) is 32.1 Å². The highest BCUT2D eigenvalue weighted by molar-refractivity contribution is 5.92. The Bertz CT molecular complexity index is 1310. The number of carbonyl (C=O) groups is 1. The molecule has 0 radical (unpaired) electrons. The molecule has 4 rings (SSSR count). The lowest BCUT2D eigenvalue weighted by atomic mass is 10.2. The molecule has 0 atom stereocenters. The maximum absolute atomic E-state index is 11.5. The number of nitrogens with zero attached hydrogens (tertiary/aromatic N) is 4. The van der Waals surface area contributed by atoms with Crippen LogP contribution in [-0.2, 0) is 11.5 Å². The van der Waals surface area contributed by atoms with Crippen LogP contribution in [0.15, 0.2) is 84.1 Å². The van der Waals surface area contributed by atoms with Gasteiger partial charge in [-0.3, -0.25) is 9.79 Å². The van der Waals surface area contributed by atoms with E-state index >= 15 is 0 Å². The maximum Gasteiger partial charge on any atom is 0.238 e. The summed E-state index contributed by atoms with van der Waals surface area (Å²) in [6.45, 7) is 12.0. The molecule has 37 heavy (non-hydrogen) atoms. The summed E-state index contributed by atoms with van der Waals surface area (Å²) >= 11 is 0. The van der Waals surface area contributed by atoms with Gasteiger partial charge in [-0.2, -0.15) is 4.98 Å². The van der Waals surface area contributed by atoms with Crippen LogP contribution in [0, 0.1) is 0 Å². The van der Waals surface area contributed by atoms with Crippen molar-refractivity contribution < 1.29 is 9.53 Å².